The molecule has 0 bridgehead atoms. The Morgan fingerprint density at radius 2 is 2.25 bits per heavy atom. The quantitative estimate of drug-likeness (QED) is 0.640. The summed E-state index contributed by atoms with van der Waals surface area (Å²) in [5.41, 5.74) is -0.190. The van der Waals surface area contributed by atoms with Crippen LogP contribution in [0.15, 0.2) is 0 Å². The van der Waals surface area contributed by atoms with Crippen molar-refractivity contribution in [2.45, 2.75) is 26.2 Å². The lowest BCUT2D eigenvalue weighted by molar-refractivity contribution is -0.158. The molecule has 0 atom stereocenters. The second kappa shape index (κ2) is 3.90. The standard InChI is InChI=1S/C9H17NO2/c1-3-10-7-9(5-4-6-9)8(11)12-2/h10H,3-7H2,1-2H3. The fourth-order valence-electron chi connectivity index (χ4n) is 1.64. The Kier molecular flexibility index (Phi) is 3.09. The Bertz CT molecular complexity index is 164. The molecule has 1 aliphatic carbocycles. The first-order valence-electron chi connectivity index (χ1n) is 4.54. The molecule has 3 heteroatoms. The molecular weight excluding hydrogens is 154 g/mol. The molecule has 0 radical (unpaired) electrons. The van der Waals surface area contributed by atoms with Gasteiger partial charge in [0, 0.05) is 6.54 Å². The Labute approximate surface area is 73.5 Å². The highest BCUT2D eigenvalue weighted by atomic mass is 16.5. The van der Waals surface area contributed by atoms with Crippen LogP contribution in [0, 0.1) is 5.41 Å². The third kappa shape index (κ3) is 1.61. The second-order valence-corrected chi connectivity index (χ2v) is 3.41. The molecule has 1 aliphatic rings. The minimum Gasteiger partial charge on any atom is -0.469 e. The lowest BCUT2D eigenvalue weighted by Crippen LogP contribution is -2.46. The van der Waals surface area contributed by atoms with E-state index in [4.69, 9.17) is 4.74 Å². The van der Waals surface area contributed by atoms with Crippen LogP contribution < -0.4 is 5.32 Å². The number of rotatable bonds is 4. The van der Waals surface area contributed by atoms with E-state index >= 15 is 0 Å². The van der Waals surface area contributed by atoms with Gasteiger partial charge in [-0.1, -0.05) is 13.3 Å². The van der Waals surface area contributed by atoms with Crippen molar-refractivity contribution in [2.75, 3.05) is 20.2 Å². The number of carbonyl (C=O) groups excluding carboxylic acids is 1. The van der Waals surface area contributed by atoms with Crippen LogP contribution in [0.25, 0.3) is 0 Å². The predicted molar refractivity (Wildman–Crippen MR) is 46.8 cm³/mol. The van der Waals surface area contributed by atoms with E-state index in [1.54, 1.807) is 0 Å². The fourth-order valence-corrected chi connectivity index (χ4v) is 1.64. The summed E-state index contributed by atoms with van der Waals surface area (Å²) in [4.78, 5) is 11.4. The molecule has 0 unspecified atom stereocenters. The van der Waals surface area contributed by atoms with Crippen molar-refractivity contribution < 1.29 is 9.53 Å². The van der Waals surface area contributed by atoms with Gasteiger partial charge in [-0.3, -0.25) is 4.79 Å². The molecule has 1 fully saturated rings. The highest BCUT2D eigenvalue weighted by Gasteiger charge is 2.44. The zero-order valence-electron chi connectivity index (χ0n) is 7.85. The first kappa shape index (κ1) is 9.52. The van der Waals surface area contributed by atoms with Gasteiger partial charge in [0.05, 0.1) is 12.5 Å². The maximum absolute atomic E-state index is 11.4. The third-order valence-corrected chi connectivity index (χ3v) is 2.64. The smallest absolute Gasteiger partial charge is 0.313 e. The first-order valence-corrected chi connectivity index (χ1v) is 4.54. The van der Waals surface area contributed by atoms with E-state index in [0.717, 1.165) is 32.4 Å². The van der Waals surface area contributed by atoms with E-state index in [1.807, 2.05) is 6.92 Å². The Balaban J connectivity index is 2.44. The molecule has 0 aromatic rings. The summed E-state index contributed by atoms with van der Waals surface area (Å²) in [5.74, 6) is -0.0466. The van der Waals surface area contributed by atoms with E-state index in [1.165, 1.54) is 7.11 Å². The summed E-state index contributed by atoms with van der Waals surface area (Å²) in [5, 5.41) is 3.21. The van der Waals surface area contributed by atoms with E-state index in [0.29, 0.717) is 0 Å². The molecule has 0 amide bonds. The summed E-state index contributed by atoms with van der Waals surface area (Å²) in [6.07, 6.45) is 3.11. The predicted octanol–water partition coefficient (Wildman–Crippen LogP) is 0.939. The Hall–Kier alpha value is -0.570. The lowest BCUT2D eigenvalue weighted by atomic mass is 9.68. The number of esters is 1. The minimum absolute atomic E-state index is 0.0466. The molecule has 1 N–H and O–H groups in total. The van der Waals surface area contributed by atoms with Crippen LogP contribution in [0.5, 0.6) is 0 Å². The van der Waals surface area contributed by atoms with Crippen molar-refractivity contribution in [3.8, 4) is 0 Å². The molecule has 1 rings (SSSR count). The number of hydrogen-bond donors (Lipinski definition) is 1. The summed E-state index contributed by atoms with van der Waals surface area (Å²) < 4.78 is 4.78. The van der Waals surface area contributed by atoms with Crippen LogP contribution >= 0.6 is 0 Å². The van der Waals surface area contributed by atoms with Gasteiger partial charge in [-0.2, -0.15) is 0 Å². The van der Waals surface area contributed by atoms with Crippen LogP contribution in [-0.2, 0) is 9.53 Å². The molecule has 3 nitrogen and oxygen atoms in total. The monoisotopic (exact) mass is 171 g/mol. The molecule has 12 heavy (non-hydrogen) atoms. The van der Waals surface area contributed by atoms with Crippen molar-refractivity contribution in [3.05, 3.63) is 0 Å². The average Bonchev–Trinajstić information content (AvgIpc) is 2.02. The van der Waals surface area contributed by atoms with Crippen LogP contribution in [0.4, 0.5) is 0 Å². The molecule has 0 saturated heterocycles. The zero-order chi connectivity index (χ0) is 9.03. The van der Waals surface area contributed by atoms with Crippen molar-refractivity contribution in [1.29, 1.82) is 0 Å². The maximum Gasteiger partial charge on any atom is 0.313 e. The van der Waals surface area contributed by atoms with Crippen molar-refractivity contribution in [3.63, 3.8) is 0 Å². The molecule has 0 aliphatic heterocycles. The van der Waals surface area contributed by atoms with Crippen LogP contribution in [0.2, 0.25) is 0 Å². The Morgan fingerprint density at radius 1 is 1.58 bits per heavy atom. The van der Waals surface area contributed by atoms with Gasteiger partial charge in [0.25, 0.3) is 0 Å². The third-order valence-electron chi connectivity index (χ3n) is 2.64. The molecule has 0 spiro atoms. The fraction of sp³-hybridized carbons (Fsp3) is 0.889. The first-order chi connectivity index (χ1) is 5.75. The Morgan fingerprint density at radius 3 is 2.58 bits per heavy atom. The molecule has 0 aromatic heterocycles. The van der Waals surface area contributed by atoms with Crippen LogP contribution in [0.1, 0.15) is 26.2 Å². The minimum atomic E-state index is -0.190. The van der Waals surface area contributed by atoms with Gasteiger partial charge in [-0.25, -0.2) is 0 Å². The van der Waals surface area contributed by atoms with Crippen molar-refractivity contribution in [2.24, 2.45) is 5.41 Å². The van der Waals surface area contributed by atoms with Crippen molar-refractivity contribution >= 4 is 5.97 Å². The topological polar surface area (TPSA) is 38.3 Å². The van der Waals surface area contributed by atoms with E-state index in [9.17, 15) is 4.79 Å². The van der Waals surface area contributed by atoms with Crippen LogP contribution in [0.3, 0.4) is 0 Å². The molecule has 0 aromatic carbocycles. The summed E-state index contributed by atoms with van der Waals surface area (Å²) in [6.45, 7) is 3.73. The normalized spacial score (nSPS) is 19.8. The summed E-state index contributed by atoms with van der Waals surface area (Å²) in [7, 11) is 1.47. The number of nitrogens with one attached hydrogen (secondary N) is 1. The van der Waals surface area contributed by atoms with Crippen LogP contribution in [-0.4, -0.2) is 26.2 Å². The SMILES string of the molecule is CCNCC1(C(=O)OC)CCC1. The largest absolute Gasteiger partial charge is 0.469 e. The highest BCUT2D eigenvalue weighted by Crippen LogP contribution is 2.41. The lowest BCUT2D eigenvalue weighted by Gasteiger charge is -2.38. The van der Waals surface area contributed by atoms with Gasteiger partial charge in [-0.15, -0.1) is 0 Å². The van der Waals surface area contributed by atoms with E-state index < -0.39 is 0 Å². The van der Waals surface area contributed by atoms with Gasteiger partial charge < -0.3 is 10.1 Å². The number of hydrogen-bond acceptors (Lipinski definition) is 3. The van der Waals surface area contributed by atoms with Gasteiger partial charge in [0.2, 0.25) is 0 Å². The number of ether oxygens (including phenoxy) is 1. The van der Waals surface area contributed by atoms with E-state index in [2.05, 4.69) is 5.32 Å². The molecule has 1 saturated carbocycles. The summed E-state index contributed by atoms with van der Waals surface area (Å²) in [6, 6.07) is 0. The summed E-state index contributed by atoms with van der Waals surface area (Å²) >= 11 is 0. The molecular formula is C9H17NO2. The second-order valence-electron chi connectivity index (χ2n) is 3.41. The van der Waals surface area contributed by atoms with Gasteiger partial charge >= 0.3 is 5.97 Å². The number of methoxy groups -OCH3 is 1. The van der Waals surface area contributed by atoms with Gasteiger partial charge in [0.15, 0.2) is 0 Å². The maximum atomic E-state index is 11.4. The number of carbonyl (C=O) groups is 1. The van der Waals surface area contributed by atoms with E-state index in [-0.39, 0.29) is 11.4 Å². The van der Waals surface area contributed by atoms with Crippen molar-refractivity contribution in [1.82, 2.24) is 5.32 Å². The van der Waals surface area contributed by atoms with Gasteiger partial charge in [0.1, 0.15) is 0 Å². The highest BCUT2D eigenvalue weighted by molar-refractivity contribution is 5.78. The molecule has 0 heterocycles. The average molecular weight is 171 g/mol. The molecule has 70 valence electrons. The van der Waals surface area contributed by atoms with Gasteiger partial charge in [-0.05, 0) is 19.4 Å². The zero-order valence-corrected chi connectivity index (χ0v) is 7.85.